The summed E-state index contributed by atoms with van der Waals surface area (Å²) in [4.78, 5) is 117. The number of piperidine rings is 2. The summed E-state index contributed by atoms with van der Waals surface area (Å²) in [5.74, 6) is -1.20. The van der Waals surface area contributed by atoms with Crippen LogP contribution < -0.4 is 52.3 Å². The van der Waals surface area contributed by atoms with Gasteiger partial charge in [-0.2, -0.15) is 0 Å². The predicted octanol–water partition coefficient (Wildman–Crippen LogP) is 6.61. The van der Waals surface area contributed by atoms with Crippen LogP contribution in [0.15, 0.2) is 73.1 Å². The number of fused-ring (bicyclic) bond motifs is 1. The quantitative estimate of drug-likeness (QED) is 0.0292. The number of aryl methyl sites for hydroxylation is 1. The summed E-state index contributed by atoms with van der Waals surface area (Å²) in [6, 6.07) is 17.9. The molecule has 1 unspecified atom stereocenters. The molecule has 1 aromatic heterocycles. The van der Waals surface area contributed by atoms with E-state index in [-0.39, 0.29) is 102 Å². The van der Waals surface area contributed by atoms with E-state index in [1.165, 1.54) is 24.0 Å². The molecule has 2 aliphatic carbocycles. The van der Waals surface area contributed by atoms with Crippen molar-refractivity contribution in [1.82, 2.24) is 66.8 Å². The highest BCUT2D eigenvalue weighted by molar-refractivity contribution is 5.94. The molecule has 6 atom stereocenters. The number of benzene rings is 3. The number of aromatic nitrogens is 2. The number of anilines is 3. The van der Waals surface area contributed by atoms with Crippen LogP contribution in [0.3, 0.4) is 0 Å². The van der Waals surface area contributed by atoms with Crippen molar-refractivity contribution in [2.75, 3.05) is 114 Å². The third kappa shape index (κ3) is 19.6. The fourth-order valence-electron chi connectivity index (χ4n) is 17.2. The first-order valence-corrected chi connectivity index (χ1v) is 38.2. The van der Waals surface area contributed by atoms with Crippen LogP contribution in [-0.4, -0.2) is 199 Å². The Labute approximate surface area is 606 Å². The highest BCUT2D eigenvalue weighted by Gasteiger charge is 2.47. The van der Waals surface area contributed by atoms with Gasteiger partial charge < -0.3 is 67.0 Å². The molecule has 4 aromatic rings. The molecule has 12 rings (SSSR count). The first-order valence-electron chi connectivity index (χ1n) is 38.2. The number of likely N-dealkylation sites (tertiary alicyclic amines) is 4. The van der Waals surface area contributed by atoms with Gasteiger partial charge in [-0.25, -0.2) is 18.7 Å². The minimum Gasteiger partial charge on any atom is -0.366 e. The van der Waals surface area contributed by atoms with E-state index in [1.54, 1.807) is 23.8 Å². The maximum atomic E-state index is 15.8. The Bertz CT molecular complexity index is 3650. The average molecular weight is 1420 g/mol. The van der Waals surface area contributed by atoms with Crippen LogP contribution in [0.2, 0.25) is 0 Å². The molecule has 7 heterocycles. The van der Waals surface area contributed by atoms with E-state index in [9.17, 15) is 33.6 Å². The van der Waals surface area contributed by atoms with Crippen molar-refractivity contribution in [1.29, 1.82) is 0 Å². The standard InChI is InChI=1S/C78H110F2N16O7/c1-53(81-4)73(101)89-72(57-16-6-5-7-17-57)75(103)96-47-59(41-65(96)74(102)88-63-20-11-18-56-15-8-9-19-60(56)63)87-70(99)22-21-68(97)82-30-12-31-92-35-26-77(49-92)27-36-93(50-77)32-23-69(98)84-45-55-14-10-13-54(39-55)44-83-66-43-67(86-52-85-66)94-37-28-78(29-38-94)51-95(48-71(100)90-78)64-42-61(79)58(40-62(64)80)46-91-33-24-76(2,3)25-34-91/h8-10,13-15,19,39-40,42-43,52-53,57,59,63,65,72,81H,5-7,11-12,16-18,20-38,41,44-51H2,1-4H3,(H,82,97)(H,84,98)(H,87,99)(H,88,102)(H,89,101)(H,90,100)(H,83,85,86)/t53-,59-,63?,65-,72-,77-/m0/s1. The van der Waals surface area contributed by atoms with Crippen molar-refractivity contribution >= 4 is 58.7 Å². The predicted molar refractivity (Wildman–Crippen MR) is 392 cm³/mol. The zero-order valence-corrected chi connectivity index (χ0v) is 61.0. The third-order valence-corrected chi connectivity index (χ3v) is 23.6. The second-order valence-corrected chi connectivity index (χ2v) is 31.8. The van der Waals surface area contributed by atoms with Gasteiger partial charge in [0.05, 0.1) is 29.9 Å². The summed E-state index contributed by atoms with van der Waals surface area (Å²) in [7, 11) is 1.70. The lowest BCUT2D eigenvalue weighted by Crippen LogP contribution is -2.66. The van der Waals surface area contributed by atoms with Crippen LogP contribution in [0.4, 0.5) is 26.1 Å². The number of piperazine rings is 1. The number of likely N-dealkylation sites (N-methyl/N-ethyl adjacent to an activating group) is 1. The van der Waals surface area contributed by atoms with E-state index in [0.29, 0.717) is 83.0 Å². The van der Waals surface area contributed by atoms with E-state index >= 15 is 8.78 Å². The number of hydrogen-bond donors (Lipinski definition) is 8. The SMILES string of the molecule is CN[C@@H](C)C(=O)N[C@H](C(=O)N1C[C@@H](NC(=O)CCC(=O)NCCCN2CC[C@]3(CCN(CCC(=O)NCc4cccc(CNc5cc(N6CCC7(CC6)CN(c6cc(F)c(CN8CCC(C)(C)CC8)cc6F)CC(=O)N7)ncn5)c4)C3)C2)C[C@H]1C(=O)NC1CCCc2ccccc21)C1CCCCC1. The van der Waals surface area contributed by atoms with Gasteiger partial charge in [0, 0.05) is 115 Å². The lowest BCUT2D eigenvalue weighted by molar-refractivity contribution is -0.143. The minimum absolute atomic E-state index is 0.00858. The molecule has 8 N–H and O–H groups in total. The van der Waals surface area contributed by atoms with Gasteiger partial charge in [0.15, 0.2) is 0 Å². The van der Waals surface area contributed by atoms with E-state index in [2.05, 4.69) is 104 Å². The van der Waals surface area contributed by atoms with Gasteiger partial charge >= 0.3 is 0 Å². The Morgan fingerprint density at radius 3 is 2.18 bits per heavy atom. The number of rotatable bonds is 27. The first-order chi connectivity index (χ1) is 49.7. The smallest absolute Gasteiger partial charge is 0.246 e. The molecule has 0 bridgehead atoms. The van der Waals surface area contributed by atoms with E-state index in [1.807, 2.05) is 36.4 Å². The highest BCUT2D eigenvalue weighted by atomic mass is 19.1. The maximum Gasteiger partial charge on any atom is 0.246 e. The first kappa shape index (κ1) is 74.8. The van der Waals surface area contributed by atoms with E-state index < -0.39 is 41.3 Å². The maximum absolute atomic E-state index is 15.8. The molecule has 558 valence electrons. The van der Waals surface area contributed by atoms with Crippen molar-refractivity contribution in [3.8, 4) is 0 Å². The lowest BCUT2D eigenvalue weighted by Gasteiger charge is -2.48. The summed E-state index contributed by atoms with van der Waals surface area (Å²) in [6.07, 6.45) is 15.5. The third-order valence-electron chi connectivity index (χ3n) is 23.6. The second-order valence-electron chi connectivity index (χ2n) is 31.8. The van der Waals surface area contributed by atoms with Crippen molar-refractivity contribution in [3.63, 3.8) is 0 Å². The van der Waals surface area contributed by atoms with Crippen LogP contribution in [0.5, 0.6) is 0 Å². The Morgan fingerprint density at radius 2 is 1.42 bits per heavy atom. The van der Waals surface area contributed by atoms with Crippen LogP contribution in [0, 0.1) is 28.4 Å². The molecule has 0 radical (unpaired) electrons. The number of carbonyl (C=O) groups is 7. The Morgan fingerprint density at radius 1 is 0.699 bits per heavy atom. The van der Waals surface area contributed by atoms with Gasteiger partial charge in [-0.05, 0) is 175 Å². The van der Waals surface area contributed by atoms with Gasteiger partial charge in [0.1, 0.15) is 41.7 Å². The van der Waals surface area contributed by atoms with Crippen LogP contribution in [0.1, 0.15) is 170 Å². The normalized spacial score (nSPS) is 23.6. The Balaban J connectivity index is 0.529. The average Bonchev–Trinajstić information content (AvgIpc) is 1.22. The highest BCUT2D eigenvalue weighted by Crippen LogP contribution is 2.41. The monoisotopic (exact) mass is 1420 g/mol. The molecule has 25 heteroatoms. The molecule has 1 saturated carbocycles. The fraction of sp³-hybridized carbons (Fsp3) is 0.628. The lowest BCUT2D eigenvalue weighted by atomic mass is 9.82. The van der Waals surface area contributed by atoms with E-state index in [4.69, 9.17) is 0 Å². The Hall–Kier alpha value is -7.87. The molecule has 6 saturated heterocycles. The summed E-state index contributed by atoms with van der Waals surface area (Å²) in [6.45, 7) is 16.8. The molecule has 7 amide bonds. The number of nitrogens with zero attached hydrogens (tertiary/aromatic N) is 8. The number of nitrogens with one attached hydrogen (secondary N) is 8. The minimum atomic E-state index is -0.854. The Kier molecular flexibility index (Phi) is 24.6. The molecular weight excluding hydrogens is 1310 g/mol. The molecule has 3 aromatic carbocycles. The molecule has 8 aliphatic rings. The summed E-state index contributed by atoms with van der Waals surface area (Å²) in [5.41, 5.74) is 4.62. The largest absolute Gasteiger partial charge is 0.366 e. The summed E-state index contributed by atoms with van der Waals surface area (Å²) < 4.78 is 31.4. The second kappa shape index (κ2) is 33.9. The molecular formula is C78H110F2N16O7. The van der Waals surface area contributed by atoms with Crippen LogP contribution >= 0.6 is 0 Å². The topological polar surface area (TPSA) is 261 Å². The number of hydrogen-bond acceptors (Lipinski definition) is 16. The summed E-state index contributed by atoms with van der Waals surface area (Å²) >= 11 is 0. The molecule has 2 spiro atoms. The zero-order chi connectivity index (χ0) is 72.3. The molecule has 7 fully saturated rings. The molecule has 103 heavy (non-hydrogen) atoms. The fourth-order valence-corrected chi connectivity index (χ4v) is 17.2. The van der Waals surface area contributed by atoms with Crippen LogP contribution in [-0.2, 0) is 59.6 Å². The molecule has 23 nitrogen and oxygen atoms in total. The van der Waals surface area contributed by atoms with E-state index in [0.717, 1.165) is 152 Å². The number of amides is 7. The van der Waals surface area contributed by atoms with Crippen LogP contribution in [0.25, 0.3) is 0 Å². The van der Waals surface area contributed by atoms with Crippen molar-refractivity contribution in [3.05, 3.63) is 113 Å². The zero-order valence-electron chi connectivity index (χ0n) is 61.0. The van der Waals surface area contributed by atoms with Gasteiger partial charge in [-0.3, -0.25) is 38.5 Å². The van der Waals surface area contributed by atoms with Gasteiger partial charge in [0.2, 0.25) is 41.4 Å². The van der Waals surface area contributed by atoms with Crippen molar-refractivity contribution < 1.29 is 42.3 Å². The van der Waals surface area contributed by atoms with Gasteiger partial charge in [-0.15, -0.1) is 0 Å². The number of halogens is 2. The van der Waals surface area contributed by atoms with Gasteiger partial charge in [-0.1, -0.05) is 81.6 Å². The molecule has 6 aliphatic heterocycles. The summed E-state index contributed by atoms with van der Waals surface area (Å²) in [5, 5.41) is 25.2. The number of carbonyl (C=O) groups excluding carboxylic acids is 7. The van der Waals surface area contributed by atoms with Crippen molar-refractivity contribution in [2.24, 2.45) is 16.7 Å². The van der Waals surface area contributed by atoms with Crippen molar-refractivity contribution in [2.45, 2.75) is 198 Å². The van der Waals surface area contributed by atoms with Gasteiger partial charge in [0.25, 0.3) is 0 Å².